The van der Waals surface area contributed by atoms with E-state index in [9.17, 15) is 10.1 Å². The summed E-state index contributed by atoms with van der Waals surface area (Å²) in [6.07, 6.45) is 1.53. The van der Waals surface area contributed by atoms with Crippen LogP contribution in [-0.4, -0.2) is 23.4 Å². The van der Waals surface area contributed by atoms with E-state index in [1.165, 1.54) is 18.3 Å². The third kappa shape index (κ3) is 5.33. The zero-order valence-corrected chi connectivity index (χ0v) is 13.7. The molecule has 2 aromatic carbocycles. The lowest BCUT2D eigenvalue weighted by atomic mass is 10.2. The van der Waals surface area contributed by atoms with Gasteiger partial charge >= 0.3 is 0 Å². The van der Waals surface area contributed by atoms with E-state index in [2.05, 4.69) is 15.8 Å². The normalized spacial score (nSPS) is 10.4. The van der Waals surface area contributed by atoms with Gasteiger partial charge in [-0.15, -0.1) is 0 Å². The van der Waals surface area contributed by atoms with Crippen LogP contribution >= 0.6 is 12.2 Å². The molecule has 0 spiro atoms. The maximum absolute atomic E-state index is 10.6. The van der Waals surface area contributed by atoms with Gasteiger partial charge in [-0.05, 0) is 47.6 Å². The molecule has 0 unspecified atom stereocenters. The van der Waals surface area contributed by atoms with Crippen molar-refractivity contribution in [1.82, 2.24) is 10.7 Å². The molecular formula is C16H16N4O3S. The Kier molecular flexibility index (Phi) is 6.21. The Morgan fingerprint density at radius 1 is 1.25 bits per heavy atom. The van der Waals surface area contributed by atoms with E-state index in [0.717, 1.165) is 16.9 Å². The number of nitro benzene ring substituents is 1. The molecule has 8 heteroatoms. The molecule has 0 amide bonds. The van der Waals surface area contributed by atoms with Crippen LogP contribution < -0.4 is 15.5 Å². The molecule has 0 bridgehead atoms. The van der Waals surface area contributed by atoms with Gasteiger partial charge in [0.2, 0.25) is 0 Å². The van der Waals surface area contributed by atoms with Crippen molar-refractivity contribution >= 4 is 29.2 Å². The maximum atomic E-state index is 10.6. The van der Waals surface area contributed by atoms with E-state index in [4.69, 9.17) is 17.0 Å². The first-order valence-corrected chi connectivity index (χ1v) is 7.43. The van der Waals surface area contributed by atoms with Crippen molar-refractivity contribution in [2.45, 2.75) is 6.54 Å². The van der Waals surface area contributed by atoms with E-state index in [1.54, 1.807) is 19.2 Å². The molecule has 24 heavy (non-hydrogen) atoms. The minimum atomic E-state index is -0.447. The molecule has 124 valence electrons. The summed E-state index contributed by atoms with van der Waals surface area (Å²) < 4.78 is 5.10. The SMILES string of the molecule is COc1ccc(CNC(=S)N/N=C/c2ccc([N+](=O)[O-])cc2)cc1. The summed E-state index contributed by atoms with van der Waals surface area (Å²) in [5.41, 5.74) is 4.51. The van der Waals surface area contributed by atoms with Crippen LogP contribution in [-0.2, 0) is 6.54 Å². The Bertz CT molecular complexity index is 730. The van der Waals surface area contributed by atoms with Crippen molar-refractivity contribution in [1.29, 1.82) is 0 Å². The van der Waals surface area contributed by atoms with Gasteiger partial charge in [0.05, 0.1) is 18.2 Å². The lowest BCUT2D eigenvalue weighted by molar-refractivity contribution is -0.384. The number of nitrogens with one attached hydrogen (secondary N) is 2. The van der Waals surface area contributed by atoms with Crippen LogP contribution in [0, 0.1) is 10.1 Å². The van der Waals surface area contributed by atoms with Crippen molar-refractivity contribution in [3.8, 4) is 5.75 Å². The number of benzene rings is 2. The molecule has 0 aliphatic carbocycles. The second-order valence-corrected chi connectivity index (χ2v) is 5.16. The van der Waals surface area contributed by atoms with Gasteiger partial charge in [0, 0.05) is 18.7 Å². The molecule has 7 nitrogen and oxygen atoms in total. The minimum Gasteiger partial charge on any atom is -0.497 e. The Balaban J connectivity index is 1.78. The first-order valence-electron chi connectivity index (χ1n) is 7.03. The lowest BCUT2D eigenvalue weighted by Gasteiger charge is -2.07. The van der Waals surface area contributed by atoms with Gasteiger partial charge in [-0.1, -0.05) is 12.1 Å². The molecule has 0 aliphatic heterocycles. The number of hydrazone groups is 1. The van der Waals surface area contributed by atoms with E-state index in [0.29, 0.717) is 11.7 Å². The van der Waals surface area contributed by atoms with Gasteiger partial charge < -0.3 is 10.1 Å². The molecule has 0 heterocycles. The number of nitrogens with zero attached hydrogens (tertiary/aromatic N) is 2. The Morgan fingerprint density at radius 2 is 1.92 bits per heavy atom. The first-order chi connectivity index (χ1) is 11.6. The zero-order chi connectivity index (χ0) is 17.4. The zero-order valence-electron chi connectivity index (χ0n) is 12.9. The van der Waals surface area contributed by atoms with Crippen LogP contribution in [0.2, 0.25) is 0 Å². The number of nitro groups is 1. The molecule has 2 aromatic rings. The summed E-state index contributed by atoms with van der Waals surface area (Å²) in [6.45, 7) is 0.558. The van der Waals surface area contributed by atoms with E-state index < -0.39 is 4.92 Å². The summed E-state index contributed by atoms with van der Waals surface area (Å²) in [6, 6.07) is 13.7. The quantitative estimate of drug-likeness (QED) is 0.362. The summed E-state index contributed by atoms with van der Waals surface area (Å²) in [4.78, 5) is 10.1. The van der Waals surface area contributed by atoms with Crippen molar-refractivity contribution in [3.63, 3.8) is 0 Å². The van der Waals surface area contributed by atoms with Crippen LogP contribution in [0.25, 0.3) is 0 Å². The van der Waals surface area contributed by atoms with E-state index in [1.807, 2.05) is 24.3 Å². The minimum absolute atomic E-state index is 0.0387. The topological polar surface area (TPSA) is 88.8 Å². The van der Waals surface area contributed by atoms with E-state index >= 15 is 0 Å². The second kappa shape index (κ2) is 8.59. The Hall–Kier alpha value is -3.00. The summed E-state index contributed by atoms with van der Waals surface area (Å²) >= 11 is 5.12. The van der Waals surface area contributed by atoms with Crippen molar-refractivity contribution in [3.05, 3.63) is 69.8 Å². The molecule has 0 aliphatic rings. The van der Waals surface area contributed by atoms with E-state index in [-0.39, 0.29) is 5.69 Å². The van der Waals surface area contributed by atoms with Gasteiger partial charge in [-0.3, -0.25) is 15.5 Å². The number of methoxy groups -OCH3 is 1. The molecule has 0 saturated carbocycles. The van der Waals surface area contributed by atoms with Crippen LogP contribution in [0.4, 0.5) is 5.69 Å². The third-order valence-electron chi connectivity index (χ3n) is 3.10. The number of rotatable bonds is 6. The largest absolute Gasteiger partial charge is 0.497 e. The Morgan fingerprint density at radius 3 is 2.50 bits per heavy atom. The number of thiocarbonyl (C=S) groups is 1. The summed E-state index contributed by atoms with van der Waals surface area (Å²) in [5.74, 6) is 0.798. The molecular weight excluding hydrogens is 328 g/mol. The third-order valence-corrected chi connectivity index (χ3v) is 3.33. The number of hydrogen-bond donors (Lipinski definition) is 2. The average Bonchev–Trinajstić information content (AvgIpc) is 2.61. The van der Waals surface area contributed by atoms with Crippen molar-refractivity contribution in [2.24, 2.45) is 5.10 Å². The van der Waals surface area contributed by atoms with Gasteiger partial charge in [0.1, 0.15) is 5.75 Å². The van der Waals surface area contributed by atoms with Crippen molar-refractivity contribution in [2.75, 3.05) is 7.11 Å². The highest BCUT2D eigenvalue weighted by Gasteiger charge is 2.02. The molecule has 2 N–H and O–H groups in total. The molecule has 0 saturated heterocycles. The number of ether oxygens (including phenoxy) is 1. The molecule has 0 radical (unpaired) electrons. The maximum Gasteiger partial charge on any atom is 0.269 e. The van der Waals surface area contributed by atoms with Gasteiger partial charge in [-0.25, -0.2) is 0 Å². The monoisotopic (exact) mass is 344 g/mol. The highest BCUT2D eigenvalue weighted by atomic mass is 32.1. The van der Waals surface area contributed by atoms with Crippen LogP contribution in [0.5, 0.6) is 5.75 Å². The average molecular weight is 344 g/mol. The lowest BCUT2D eigenvalue weighted by Crippen LogP contribution is -2.31. The van der Waals surface area contributed by atoms with Crippen molar-refractivity contribution < 1.29 is 9.66 Å². The van der Waals surface area contributed by atoms with Gasteiger partial charge in [0.15, 0.2) is 5.11 Å². The Labute approximate surface area is 144 Å². The standard InChI is InChI=1S/C16H16N4O3S/c1-23-15-8-4-12(5-9-15)10-17-16(24)19-18-11-13-2-6-14(7-3-13)20(21)22/h2-9,11H,10H2,1H3,(H2,17,19,24)/b18-11+. The number of non-ortho nitro benzene ring substituents is 1. The predicted octanol–water partition coefficient (Wildman–Crippen LogP) is 2.60. The second-order valence-electron chi connectivity index (χ2n) is 4.75. The van der Waals surface area contributed by atoms with Gasteiger partial charge in [0.25, 0.3) is 5.69 Å². The summed E-state index contributed by atoms with van der Waals surface area (Å²) in [5, 5.41) is 18.0. The fraction of sp³-hybridized carbons (Fsp3) is 0.125. The van der Waals surface area contributed by atoms with Crippen LogP contribution in [0.1, 0.15) is 11.1 Å². The molecule has 0 atom stereocenters. The highest BCUT2D eigenvalue weighted by molar-refractivity contribution is 7.80. The molecule has 2 rings (SSSR count). The fourth-order valence-corrected chi connectivity index (χ4v) is 1.94. The fourth-order valence-electron chi connectivity index (χ4n) is 1.81. The van der Waals surface area contributed by atoms with Crippen LogP contribution in [0.15, 0.2) is 53.6 Å². The van der Waals surface area contributed by atoms with Crippen LogP contribution in [0.3, 0.4) is 0 Å². The molecule has 0 aromatic heterocycles. The smallest absolute Gasteiger partial charge is 0.269 e. The highest BCUT2D eigenvalue weighted by Crippen LogP contribution is 2.11. The van der Waals surface area contributed by atoms with Gasteiger partial charge in [-0.2, -0.15) is 5.10 Å². The first kappa shape index (κ1) is 17.4. The summed E-state index contributed by atoms with van der Waals surface area (Å²) in [7, 11) is 1.62. The number of hydrogen-bond acceptors (Lipinski definition) is 5. The predicted molar refractivity (Wildman–Crippen MR) is 96.3 cm³/mol. The molecule has 0 fully saturated rings.